The van der Waals surface area contributed by atoms with Crippen LogP contribution in [-0.4, -0.2) is 49.1 Å². The first-order valence-electron chi connectivity index (χ1n) is 8.66. The highest BCUT2D eigenvalue weighted by Crippen LogP contribution is 2.22. The van der Waals surface area contributed by atoms with Crippen molar-refractivity contribution in [2.75, 3.05) is 25.0 Å². The lowest BCUT2D eigenvalue weighted by Crippen LogP contribution is -2.49. The number of piperazine rings is 1. The van der Waals surface area contributed by atoms with Crippen LogP contribution >= 0.6 is 0 Å². The normalized spacial score (nSPS) is 14.8. The maximum absolute atomic E-state index is 12.7. The minimum absolute atomic E-state index is 0.0595. The van der Waals surface area contributed by atoms with E-state index >= 15 is 0 Å². The van der Waals surface area contributed by atoms with Gasteiger partial charge < -0.3 is 10.6 Å². The average molecular weight is 418 g/mol. The summed E-state index contributed by atoms with van der Waals surface area (Å²) in [7, 11) is -3.90. The first-order valence-corrected chi connectivity index (χ1v) is 10.1. The maximum Gasteiger partial charge on any atom is 0.273 e. The molecular formula is C18H18N4O6S. The van der Waals surface area contributed by atoms with Crippen LogP contribution in [0, 0.1) is 10.1 Å². The highest BCUT2D eigenvalue weighted by molar-refractivity contribution is 7.89. The summed E-state index contributed by atoms with van der Waals surface area (Å²) < 4.78 is 26.5. The highest BCUT2D eigenvalue weighted by atomic mass is 32.2. The van der Waals surface area contributed by atoms with Crippen molar-refractivity contribution in [3.05, 3.63) is 64.2 Å². The predicted octanol–water partition coefficient (Wildman–Crippen LogP) is 0.896. The van der Waals surface area contributed by atoms with Crippen LogP contribution in [0.25, 0.3) is 0 Å². The molecule has 1 saturated heterocycles. The van der Waals surface area contributed by atoms with Gasteiger partial charge in [0, 0.05) is 30.4 Å². The monoisotopic (exact) mass is 418 g/mol. The lowest BCUT2D eigenvalue weighted by atomic mass is 10.1. The number of carbonyl (C=O) groups excluding carboxylic acids is 2. The second kappa shape index (κ2) is 8.37. The third-order valence-corrected chi connectivity index (χ3v) is 6.14. The molecule has 29 heavy (non-hydrogen) atoms. The summed E-state index contributed by atoms with van der Waals surface area (Å²) in [5.74, 6) is -0.903. The first kappa shape index (κ1) is 20.4. The molecule has 0 bridgehead atoms. The van der Waals surface area contributed by atoms with E-state index in [0.29, 0.717) is 0 Å². The smallest absolute Gasteiger partial charge is 0.273 e. The van der Waals surface area contributed by atoms with Gasteiger partial charge in [0.1, 0.15) is 0 Å². The Morgan fingerprint density at radius 1 is 1.21 bits per heavy atom. The third kappa shape index (κ3) is 4.76. The largest absolute Gasteiger partial charge is 0.354 e. The summed E-state index contributed by atoms with van der Waals surface area (Å²) in [6.07, 6.45) is -0.236. The Balaban J connectivity index is 1.75. The number of sulfonamides is 1. The number of nitro groups is 1. The number of nitrogens with zero attached hydrogens (tertiary/aromatic N) is 2. The summed E-state index contributed by atoms with van der Waals surface area (Å²) >= 11 is 0. The number of anilines is 1. The number of rotatable bonds is 6. The van der Waals surface area contributed by atoms with Gasteiger partial charge in [-0.3, -0.25) is 19.7 Å². The highest BCUT2D eigenvalue weighted by Gasteiger charge is 2.29. The van der Waals surface area contributed by atoms with Gasteiger partial charge in [-0.15, -0.1) is 0 Å². The van der Waals surface area contributed by atoms with Gasteiger partial charge in [-0.1, -0.05) is 24.3 Å². The van der Waals surface area contributed by atoms with Crippen molar-refractivity contribution in [3.8, 4) is 0 Å². The average Bonchev–Trinajstić information content (AvgIpc) is 2.68. The predicted molar refractivity (Wildman–Crippen MR) is 104 cm³/mol. The number of nitrogens with one attached hydrogen (secondary N) is 2. The molecule has 3 rings (SSSR count). The van der Waals surface area contributed by atoms with Crippen LogP contribution in [0.2, 0.25) is 0 Å². The Hall–Kier alpha value is -3.31. The van der Waals surface area contributed by atoms with Crippen LogP contribution in [0.15, 0.2) is 53.4 Å². The van der Waals surface area contributed by atoms with E-state index in [4.69, 9.17) is 0 Å². The number of benzene rings is 2. The van der Waals surface area contributed by atoms with Crippen molar-refractivity contribution in [2.24, 2.45) is 0 Å². The molecule has 1 aliphatic heterocycles. The standard InChI is InChI=1S/C18H18N4O6S/c23-17(10-13-4-1-2-7-16(13)22(25)26)20-14-5-3-6-15(11-14)29(27,28)21-9-8-19-18(24)12-21/h1-7,11H,8-10,12H2,(H,19,24)(H,20,23). The van der Waals surface area contributed by atoms with Crippen LogP contribution in [0.3, 0.4) is 0 Å². The minimum Gasteiger partial charge on any atom is -0.354 e. The van der Waals surface area contributed by atoms with Crippen molar-refractivity contribution in [1.82, 2.24) is 9.62 Å². The summed E-state index contributed by atoms with van der Waals surface area (Å²) in [4.78, 5) is 34.2. The second-order valence-corrected chi connectivity index (χ2v) is 8.27. The molecule has 2 aromatic rings. The zero-order chi connectivity index (χ0) is 21.0. The number of hydrogen-bond donors (Lipinski definition) is 2. The third-order valence-electron chi connectivity index (χ3n) is 4.30. The first-order chi connectivity index (χ1) is 13.8. The molecular weight excluding hydrogens is 400 g/mol. The van der Waals surface area contributed by atoms with Crippen molar-refractivity contribution < 1.29 is 22.9 Å². The maximum atomic E-state index is 12.7. The number of para-hydroxylation sites is 1. The Morgan fingerprint density at radius 3 is 2.69 bits per heavy atom. The Bertz CT molecular complexity index is 1070. The zero-order valence-corrected chi connectivity index (χ0v) is 16.0. The van der Waals surface area contributed by atoms with E-state index in [1.807, 2.05) is 0 Å². The van der Waals surface area contributed by atoms with Crippen molar-refractivity contribution in [3.63, 3.8) is 0 Å². The number of carbonyl (C=O) groups is 2. The molecule has 11 heteroatoms. The van der Waals surface area contributed by atoms with Gasteiger partial charge >= 0.3 is 0 Å². The van der Waals surface area contributed by atoms with Gasteiger partial charge in [0.05, 0.1) is 22.8 Å². The molecule has 0 unspecified atom stereocenters. The van der Waals surface area contributed by atoms with Gasteiger partial charge in [-0.05, 0) is 18.2 Å². The van der Waals surface area contributed by atoms with E-state index in [9.17, 15) is 28.1 Å². The molecule has 0 aliphatic carbocycles. The summed E-state index contributed by atoms with van der Waals surface area (Å²) in [6, 6.07) is 11.5. The number of amides is 2. The molecule has 1 heterocycles. The van der Waals surface area contributed by atoms with Gasteiger partial charge in [0.2, 0.25) is 21.8 Å². The van der Waals surface area contributed by atoms with E-state index in [1.165, 1.54) is 42.5 Å². The zero-order valence-electron chi connectivity index (χ0n) is 15.2. The second-order valence-electron chi connectivity index (χ2n) is 6.33. The fourth-order valence-electron chi connectivity index (χ4n) is 2.92. The molecule has 1 aliphatic rings. The minimum atomic E-state index is -3.90. The number of nitro benzene ring substituents is 1. The number of hydrogen-bond acceptors (Lipinski definition) is 6. The van der Waals surface area contributed by atoms with Crippen molar-refractivity contribution in [1.29, 1.82) is 0 Å². The van der Waals surface area contributed by atoms with E-state index in [0.717, 1.165) is 4.31 Å². The van der Waals surface area contributed by atoms with Crippen LogP contribution in [0.5, 0.6) is 0 Å². The van der Waals surface area contributed by atoms with E-state index in [2.05, 4.69) is 10.6 Å². The fourth-order valence-corrected chi connectivity index (χ4v) is 4.36. The van der Waals surface area contributed by atoms with Crippen molar-refractivity contribution >= 4 is 33.2 Å². The van der Waals surface area contributed by atoms with E-state index < -0.39 is 20.9 Å². The van der Waals surface area contributed by atoms with Gasteiger partial charge in [0.15, 0.2) is 0 Å². The Kier molecular flexibility index (Phi) is 5.89. The quantitative estimate of drug-likeness (QED) is 0.528. The summed E-state index contributed by atoms with van der Waals surface area (Å²) in [5.41, 5.74) is 0.316. The molecule has 2 aromatic carbocycles. The van der Waals surface area contributed by atoms with Gasteiger partial charge in [0.25, 0.3) is 5.69 Å². The van der Waals surface area contributed by atoms with E-state index in [-0.39, 0.29) is 53.8 Å². The van der Waals surface area contributed by atoms with Gasteiger partial charge in [-0.2, -0.15) is 4.31 Å². The Morgan fingerprint density at radius 2 is 1.97 bits per heavy atom. The molecule has 10 nitrogen and oxygen atoms in total. The van der Waals surface area contributed by atoms with Crippen LogP contribution in [-0.2, 0) is 26.0 Å². The van der Waals surface area contributed by atoms with Crippen LogP contribution in [0.1, 0.15) is 5.56 Å². The molecule has 152 valence electrons. The fraction of sp³-hybridized carbons (Fsp3) is 0.222. The summed E-state index contributed by atoms with van der Waals surface area (Å²) in [6.45, 7) is 0.114. The molecule has 0 aromatic heterocycles. The molecule has 0 saturated carbocycles. The molecule has 2 N–H and O–H groups in total. The Labute approximate surface area is 166 Å². The molecule has 2 amide bonds. The van der Waals surface area contributed by atoms with Crippen LogP contribution in [0.4, 0.5) is 11.4 Å². The van der Waals surface area contributed by atoms with Gasteiger partial charge in [-0.25, -0.2) is 8.42 Å². The SMILES string of the molecule is O=C1CN(S(=O)(=O)c2cccc(NC(=O)Cc3ccccc3[N+](=O)[O-])c2)CCN1. The molecule has 1 fully saturated rings. The lowest BCUT2D eigenvalue weighted by Gasteiger charge is -2.26. The lowest BCUT2D eigenvalue weighted by molar-refractivity contribution is -0.385. The van der Waals surface area contributed by atoms with E-state index in [1.54, 1.807) is 6.07 Å². The molecule has 0 atom stereocenters. The molecule has 0 radical (unpaired) electrons. The molecule has 0 spiro atoms. The topological polar surface area (TPSA) is 139 Å². The van der Waals surface area contributed by atoms with Crippen molar-refractivity contribution in [2.45, 2.75) is 11.3 Å². The van der Waals surface area contributed by atoms with Crippen LogP contribution < -0.4 is 10.6 Å². The summed E-state index contributed by atoms with van der Waals surface area (Å²) in [5, 5.41) is 16.2.